The molecule has 152 valence electrons. The fourth-order valence-corrected chi connectivity index (χ4v) is 3.08. The second-order valence-electron chi connectivity index (χ2n) is 7.66. The lowest BCUT2D eigenvalue weighted by Gasteiger charge is -2.26. The molecule has 0 aliphatic carbocycles. The van der Waals surface area contributed by atoms with E-state index in [9.17, 15) is 4.79 Å². The van der Waals surface area contributed by atoms with Crippen molar-refractivity contribution in [3.8, 4) is 0 Å². The monoisotopic (exact) mass is 478 g/mol. The minimum atomic E-state index is -0.311. The van der Waals surface area contributed by atoms with Crippen LogP contribution >= 0.6 is 23.0 Å². The molecule has 0 spiro atoms. The van der Waals surface area contributed by atoms with E-state index in [1.807, 2.05) is 29.9 Å². The van der Waals surface area contributed by atoms with Crippen molar-refractivity contribution in [1.29, 1.82) is 0 Å². The summed E-state index contributed by atoms with van der Waals surface area (Å²) in [5.74, 6) is -0.0956. The van der Waals surface area contributed by atoms with Gasteiger partial charge >= 0.3 is 5.97 Å². The maximum atomic E-state index is 11.9. The third-order valence-corrected chi connectivity index (χ3v) is 6.44. The highest BCUT2D eigenvalue weighted by Crippen LogP contribution is 2.26. The van der Waals surface area contributed by atoms with Crippen LogP contribution in [-0.4, -0.2) is 17.2 Å². The fraction of sp³-hybridized carbons (Fsp3) is 0.773. The maximum Gasteiger partial charge on any atom is 0.306 e. The van der Waals surface area contributed by atoms with Gasteiger partial charge in [-0.15, -0.1) is 0 Å². The van der Waals surface area contributed by atoms with Crippen molar-refractivity contribution < 1.29 is 12.6 Å². The molecule has 0 aromatic heterocycles. The first-order valence-electron chi connectivity index (χ1n) is 10.1. The van der Waals surface area contributed by atoms with Crippen molar-refractivity contribution in [2.75, 3.05) is 0 Å². The van der Waals surface area contributed by atoms with Crippen molar-refractivity contribution in [2.45, 2.75) is 110 Å². The summed E-state index contributed by atoms with van der Waals surface area (Å²) < 4.78 is 11.1. The summed E-state index contributed by atoms with van der Waals surface area (Å²) in [5, 5.41) is 0. The highest BCUT2D eigenvalue weighted by molar-refractivity contribution is 14.1. The molecule has 0 aromatic rings. The van der Waals surface area contributed by atoms with Crippen LogP contribution in [0.15, 0.2) is 24.3 Å². The Hall–Kier alpha value is -0.360. The molecule has 0 radical (unpaired) electrons. The van der Waals surface area contributed by atoms with Crippen molar-refractivity contribution >= 4 is 29.0 Å². The molecule has 26 heavy (non-hydrogen) atoms. The van der Waals surface area contributed by atoms with Crippen molar-refractivity contribution in [1.82, 2.24) is 0 Å². The van der Waals surface area contributed by atoms with E-state index in [2.05, 4.69) is 46.4 Å². The number of hydrogen-bond donors (Lipinski definition) is 0. The van der Waals surface area contributed by atoms with E-state index >= 15 is 0 Å². The van der Waals surface area contributed by atoms with Crippen LogP contribution in [0.5, 0.6) is 0 Å². The van der Waals surface area contributed by atoms with Gasteiger partial charge in [-0.1, -0.05) is 45.1 Å². The first-order chi connectivity index (χ1) is 12.2. The zero-order valence-corrected chi connectivity index (χ0v) is 19.7. The van der Waals surface area contributed by atoms with E-state index in [0.29, 0.717) is 6.42 Å². The van der Waals surface area contributed by atoms with Crippen molar-refractivity contribution in [3.05, 3.63) is 24.3 Å². The van der Waals surface area contributed by atoms with Crippen LogP contribution < -0.4 is 0 Å². The second-order valence-corrected chi connectivity index (χ2v) is 8.10. The van der Waals surface area contributed by atoms with Gasteiger partial charge in [-0.05, 0) is 71.6 Å². The largest absolute Gasteiger partial charge is 0.459 e. The maximum absolute atomic E-state index is 11.9. The Morgan fingerprint density at radius 1 is 0.962 bits per heavy atom. The third kappa shape index (κ3) is 11.4. The summed E-state index contributed by atoms with van der Waals surface area (Å²) in [5.41, 5.74) is 0.970. The molecule has 0 amide bonds. The van der Waals surface area contributed by atoms with E-state index in [0.717, 1.165) is 57.8 Å². The molecule has 0 saturated heterocycles. The van der Waals surface area contributed by atoms with Crippen molar-refractivity contribution in [2.24, 2.45) is 0 Å². The zero-order chi connectivity index (χ0) is 20.1. The Labute approximate surface area is 175 Å². The highest BCUT2D eigenvalue weighted by atomic mass is 127. The zero-order valence-electron chi connectivity index (χ0n) is 17.5. The van der Waals surface area contributed by atoms with E-state index in [1.54, 1.807) is 0 Å². The molecule has 0 fully saturated rings. The van der Waals surface area contributed by atoms with E-state index < -0.39 is 0 Å². The summed E-state index contributed by atoms with van der Waals surface area (Å²) in [4.78, 5) is 11.9. The van der Waals surface area contributed by atoms with E-state index in [1.165, 1.54) is 5.57 Å². The molecule has 0 rings (SSSR count). The van der Waals surface area contributed by atoms with Gasteiger partial charge < -0.3 is 7.80 Å². The molecule has 0 heterocycles. The molecule has 0 bridgehead atoms. The number of ether oxygens (including phenoxy) is 1. The van der Waals surface area contributed by atoms with Crippen LogP contribution in [-0.2, 0) is 12.6 Å². The molecule has 4 heteroatoms. The van der Waals surface area contributed by atoms with Gasteiger partial charge in [-0.25, -0.2) is 0 Å². The summed E-state index contributed by atoms with van der Waals surface area (Å²) in [6, 6.07) is 0. The van der Waals surface area contributed by atoms with Crippen LogP contribution in [0.3, 0.4) is 0 Å². The van der Waals surface area contributed by atoms with Gasteiger partial charge in [0, 0.05) is 6.42 Å². The van der Waals surface area contributed by atoms with Crippen LogP contribution in [0.2, 0.25) is 0 Å². The van der Waals surface area contributed by atoms with Gasteiger partial charge in [0.15, 0.2) is 0 Å². The Kier molecular flexibility index (Phi) is 13.6. The minimum Gasteiger partial charge on any atom is -0.459 e. The average molecular weight is 478 g/mol. The number of halogens is 1. The topological polar surface area (TPSA) is 35.5 Å². The van der Waals surface area contributed by atoms with Crippen LogP contribution in [0.25, 0.3) is 0 Å². The highest BCUT2D eigenvalue weighted by Gasteiger charge is 2.24. The Balaban J connectivity index is 3.87. The average Bonchev–Trinajstić information content (AvgIpc) is 2.64. The van der Waals surface area contributed by atoms with Crippen LogP contribution in [0.1, 0.15) is 98.8 Å². The summed E-state index contributed by atoms with van der Waals surface area (Å²) in [6.45, 7) is 14.6. The smallest absolute Gasteiger partial charge is 0.306 e. The SMILES string of the molecule is C=C(CCC=CCCC(=O)OC(C)(CC)CC)CCCC(C)(CC)OI. The second kappa shape index (κ2) is 13.8. The van der Waals surface area contributed by atoms with Crippen molar-refractivity contribution in [3.63, 3.8) is 0 Å². The lowest BCUT2D eigenvalue weighted by atomic mass is 9.94. The van der Waals surface area contributed by atoms with Crippen LogP contribution in [0.4, 0.5) is 0 Å². The van der Waals surface area contributed by atoms with E-state index in [4.69, 9.17) is 7.80 Å². The summed E-state index contributed by atoms with van der Waals surface area (Å²) in [7, 11) is 0. The molecule has 0 saturated carbocycles. The summed E-state index contributed by atoms with van der Waals surface area (Å²) >= 11 is 2.01. The van der Waals surface area contributed by atoms with Gasteiger partial charge in [0.1, 0.15) is 28.6 Å². The molecular weight excluding hydrogens is 439 g/mol. The van der Waals surface area contributed by atoms with Gasteiger partial charge in [-0.3, -0.25) is 4.79 Å². The Morgan fingerprint density at radius 3 is 2.00 bits per heavy atom. The molecule has 1 atom stereocenters. The number of hydrogen-bond acceptors (Lipinski definition) is 3. The Bertz CT molecular complexity index is 435. The van der Waals surface area contributed by atoms with Crippen LogP contribution in [0, 0.1) is 0 Å². The lowest BCUT2D eigenvalue weighted by molar-refractivity contribution is -0.158. The lowest BCUT2D eigenvalue weighted by Crippen LogP contribution is -2.29. The normalized spacial score (nSPS) is 14.4. The molecule has 0 N–H and O–H groups in total. The van der Waals surface area contributed by atoms with Gasteiger partial charge in [0.05, 0.1) is 5.60 Å². The van der Waals surface area contributed by atoms with Gasteiger partial charge in [0.25, 0.3) is 0 Å². The number of carbonyl (C=O) groups excluding carboxylic acids is 1. The third-order valence-electron chi connectivity index (χ3n) is 5.37. The van der Waals surface area contributed by atoms with Gasteiger partial charge in [-0.2, -0.15) is 0 Å². The number of allylic oxidation sites excluding steroid dienone is 3. The molecular formula is C22H39IO3. The molecule has 3 nitrogen and oxygen atoms in total. The predicted octanol–water partition coefficient (Wildman–Crippen LogP) is 7.49. The molecule has 0 aromatic carbocycles. The molecule has 1 unspecified atom stereocenters. The quantitative estimate of drug-likeness (QED) is 0.139. The first-order valence-corrected chi connectivity index (χ1v) is 11.0. The summed E-state index contributed by atoms with van der Waals surface area (Å²) in [6.07, 6.45) is 13.4. The predicted molar refractivity (Wildman–Crippen MR) is 119 cm³/mol. The molecule has 0 aliphatic heterocycles. The fourth-order valence-electron chi connectivity index (χ4n) is 2.55. The van der Waals surface area contributed by atoms with E-state index in [-0.39, 0.29) is 17.2 Å². The standard InChI is InChI=1S/C22H39IO3/c1-7-21(5,8-2)25-20(24)17-13-11-10-12-15-19(4)16-14-18-22(6,9-3)26-23/h10-11H,4,7-9,12-18H2,1-3,5-6H3. The Morgan fingerprint density at radius 2 is 1.50 bits per heavy atom. The number of esters is 1. The number of carbonyl (C=O) groups is 1. The van der Waals surface area contributed by atoms with Gasteiger partial charge in [0.2, 0.25) is 0 Å². The minimum absolute atomic E-state index is 0.0129. The number of rotatable bonds is 15. The first kappa shape index (κ1) is 25.6. The molecule has 0 aliphatic rings.